The number of ether oxygens (including phenoxy) is 2. The number of esters is 1. The van der Waals surface area contributed by atoms with Gasteiger partial charge in [0.05, 0.1) is 17.2 Å². The number of hydrogen-bond acceptors (Lipinski definition) is 3. The first-order valence-electron chi connectivity index (χ1n) is 4.71. The number of epoxide rings is 1. The van der Waals surface area contributed by atoms with Crippen molar-refractivity contribution >= 4 is 29.2 Å². The lowest BCUT2D eigenvalue weighted by atomic mass is 9.97. The van der Waals surface area contributed by atoms with Gasteiger partial charge in [0.1, 0.15) is 5.60 Å². The van der Waals surface area contributed by atoms with Crippen molar-refractivity contribution in [2.45, 2.75) is 18.6 Å². The lowest BCUT2D eigenvalue weighted by Crippen LogP contribution is -2.17. The van der Waals surface area contributed by atoms with Crippen LogP contribution in [-0.2, 0) is 19.9 Å². The third-order valence-electron chi connectivity index (χ3n) is 2.71. The molecular weight excluding hydrogens is 251 g/mol. The Hall–Kier alpha value is -0.770. The molecule has 0 bridgehead atoms. The van der Waals surface area contributed by atoms with E-state index in [1.165, 1.54) is 7.11 Å². The molecule has 1 aliphatic rings. The Bertz CT molecular complexity index is 447. The van der Waals surface area contributed by atoms with Gasteiger partial charge in [-0.05, 0) is 13.0 Å². The number of carbonyl (C=O) groups excluding carboxylic acids is 1. The Labute approximate surface area is 103 Å². The summed E-state index contributed by atoms with van der Waals surface area (Å²) in [5.41, 5.74) is -0.0215. The molecule has 0 amide bonds. The first-order chi connectivity index (χ1) is 7.50. The largest absolute Gasteiger partial charge is 0.467 e. The highest BCUT2D eigenvalue weighted by Gasteiger charge is 2.60. The summed E-state index contributed by atoms with van der Waals surface area (Å²) >= 11 is 12.0. The molecule has 1 heterocycles. The molecule has 86 valence electrons. The van der Waals surface area contributed by atoms with E-state index in [1.807, 2.05) is 0 Å². The molecular formula is C11H10Cl2O3. The van der Waals surface area contributed by atoms with E-state index < -0.39 is 17.7 Å². The van der Waals surface area contributed by atoms with Crippen molar-refractivity contribution in [3.63, 3.8) is 0 Å². The number of hydrogen-bond donors (Lipinski definition) is 0. The fourth-order valence-electron chi connectivity index (χ4n) is 1.68. The van der Waals surface area contributed by atoms with E-state index in [0.29, 0.717) is 15.6 Å². The molecule has 16 heavy (non-hydrogen) atoms. The van der Waals surface area contributed by atoms with Crippen LogP contribution in [0.4, 0.5) is 0 Å². The van der Waals surface area contributed by atoms with Gasteiger partial charge in [0.15, 0.2) is 6.10 Å². The number of carbonyl (C=O) groups is 1. The molecule has 1 aliphatic heterocycles. The molecule has 0 spiro atoms. The number of methoxy groups -OCH3 is 1. The molecule has 1 aromatic carbocycles. The summed E-state index contributed by atoms with van der Waals surface area (Å²) in [5, 5.41) is 0.859. The van der Waals surface area contributed by atoms with Crippen LogP contribution in [0.25, 0.3) is 0 Å². The molecule has 0 radical (unpaired) electrons. The Morgan fingerprint density at radius 2 is 2.19 bits per heavy atom. The number of rotatable bonds is 2. The van der Waals surface area contributed by atoms with Crippen LogP contribution in [0.3, 0.4) is 0 Å². The van der Waals surface area contributed by atoms with Crippen molar-refractivity contribution in [3.05, 3.63) is 33.8 Å². The van der Waals surface area contributed by atoms with E-state index in [-0.39, 0.29) is 0 Å². The van der Waals surface area contributed by atoms with Crippen LogP contribution in [0.5, 0.6) is 0 Å². The Balaban J connectivity index is 2.33. The molecule has 5 heteroatoms. The van der Waals surface area contributed by atoms with Gasteiger partial charge in [-0.1, -0.05) is 35.3 Å². The van der Waals surface area contributed by atoms with Crippen LogP contribution in [0.15, 0.2) is 18.2 Å². The molecule has 0 saturated carbocycles. The van der Waals surface area contributed by atoms with Crippen LogP contribution in [0, 0.1) is 0 Å². The quantitative estimate of drug-likeness (QED) is 0.607. The summed E-state index contributed by atoms with van der Waals surface area (Å²) in [6, 6.07) is 5.24. The van der Waals surface area contributed by atoms with Crippen molar-refractivity contribution in [1.82, 2.24) is 0 Å². The number of halogens is 2. The molecule has 0 N–H and O–H groups in total. The summed E-state index contributed by atoms with van der Waals surface area (Å²) in [4.78, 5) is 11.3. The van der Waals surface area contributed by atoms with E-state index in [9.17, 15) is 4.79 Å². The average Bonchev–Trinajstić information content (AvgIpc) is 2.95. The van der Waals surface area contributed by atoms with Crippen molar-refractivity contribution in [2.24, 2.45) is 0 Å². The maximum atomic E-state index is 11.3. The molecule has 2 rings (SSSR count). The Morgan fingerprint density at radius 3 is 2.81 bits per heavy atom. The molecule has 0 aromatic heterocycles. The molecule has 2 atom stereocenters. The second kappa shape index (κ2) is 3.91. The van der Waals surface area contributed by atoms with Gasteiger partial charge in [0.2, 0.25) is 0 Å². The summed E-state index contributed by atoms with van der Waals surface area (Å²) < 4.78 is 9.98. The van der Waals surface area contributed by atoms with E-state index in [1.54, 1.807) is 25.1 Å². The summed E-state index contributed by atoms with van der Waals surface area (Å²) in [6.07, 6.45) is -0.603. The second-order valence-corrected chi connectivity index (χ2v) is 4.51. The predicted octanol–water partition coefficient (Wildman–Crippen LogP) is 2.78. The summed E-state index contributed by atoms with van der Waals surface area (Å²) in [6.45, 7) is 1.78. The van der Waals surface area contributed by atoms with Crippen LogP contribution >= 0.6 is 23.2 Å². The Kier molecular flexibility index (Phi) is 2.86. The van der Waals surface area contributed by atoms with Gasteiger partial charge in [-0.3, -0.25) is 0 Å². The lowest BCUT2D eigenvalue weighted by molar-refractivity contribution is -0.142. The van der Waals surface area contributed by atoms with E-state index in [0.717, 1.165) is 0 Å². The minimum Gasteiger partial charge on any atom is -0.467 e. The zero-order chi connectivity index (χ0) is 11.9. The molecule has 3 nitrogen and oxygen atoms in total. The third-order valence-corrected chi connectivity index (χ3v) is 3.53. The van der Waals surface area contributed by atoms with Gasteiger partial charge in [0, 0.05) is 5.56 Å². The maximum Gasteiger partial charge on any atom is 0.338 e. The van der Waals surface area contributed by atoms with Gasteiger partial charge < -0.3 is 9.47 Å². The fraction of sp³-hybridized carbons (Fsp3) is 0.364. The third kappa shape index (κ3) is 1.69. The normalized spacial score (nSPS) is 27.6. The minimum absolute atomic E-state index is 0.404. The maximum absolute atomic E-state index is 11.3. The topological polar surface area (TPSA) is 38.8 Å². The predicted molar refractivity (Wildman–Crippen MR) is 60.7 cm³/mol. The fourth-order valence-corrected chi connectivity index (χ4v) is 2.17. The molecule has 1 saturated heterocycles. The van der Waals surface area contributed by atoms with Gasteiger partial charge in [-0.15, -0.1) is 0 Å². The molecule has 2 unspecified atom stereocenters. The number of benzene rings is 1. The van der Waals surface area contributed by atoms with Gasteiger partial charge in [0.25, 0.3) is 0 Å². The first kappa shape index (κ1) is 11.7. The summed E-state index contributed by atoms with van der Waals surface area (Å²) in [7, 11) is 1.32. The van der Waals surface area contributed by atoms with E-state index in [2.05, 4.69) is 4.74 Å². The standard InChI is InChI=1S/C11H10Cl2O3/c1-11(9(16-11)10(14)15-2)6-4-3-5-7(12)8(6)13/h3-5,9H,1-2H3. The van der Waals surface area contributed by atoms with Gasteiger partial charge in [-0.2, -0.15) is 0 Å². The monoisotopic (exact) mass is 260 g/mol. The Morgan fingerprint density at radius 1 is 1.50 bits per heavy atom. The van der Waals surface area contributed by atoms with Gasteiger partial charge >= 0.3 is 5.97 Å². The average molecular weight is 261 g/mol. The highest BCUT2D eigenvalue weighted by atomic mass is 35.5. The van der Waals surface area contributed by atoms with Crippen molar-refractivity contribution in [2.75, 3.05) is 7.11 Å². The van der Waals surface area contributed by atoms with Crippen LogP contribution in [0.1, 0.15) is 12.5 Å². The minimum atomic E-state index is -0.727. The van der Waals surface area contributed by atoms with E-state index >= 15 is 0 Å². The van der Waals surface area contributed by atoms with Crippen molar-refractivity contribution < 1.29 is 14.3 Å². The zero-order valence-electron chi connectivity index (χ0n) is 8.79. The lowest BCUT2D eigenvalue weighted by Gasteiger charge is -2.09. The van der Waals surface area contributed by atoms with Crippen LogP contribution in [0.2, 0.25) is 10.0 Å². The van der Waals surface area contributed by atoms with Crippen molar-refractivity contribution in [3.8, 4) is 0 Å². The second-order valence-electron chi connectivity index (χ2n) is 3.73. The van der Waals surface area contributed by atoms with Crippen molar-refractivity contribution in [1.29, 1.82) is 0 Å². The molecule has 1 aromatic rings. The SMILES string of the molecule is COC(=O)C1OC1(C)c1cccc(Cl)c1Cl. The summed E-state index contributed by atoms with van der Waals surface area (Å²) in [5.74, 6) is -0.404. The van der Waals surface area contributed by atoms with Crippen LogP contribution < -0.4 is 0 Å². The first-order valence-corrected chi connectivity index (χ1v) is 5.46. The zero-order valence-corrected chi connectivity index (χ0v) is 10.3. The van der Waals surface area contributed by atoms with E-state index in [4.69, 9.17) is 27.9 Å². The molecule has 0 aliphatic carbocycles. The smallest absolute Gasteiger partial charge is 0.338 e. The van der Waals surface area contributed by atoms with Crippen LogP contribution in [-0.4, -0.2) is 19.2 Å². The highest BCUT2D eigenvalue weighted by molar-refractivity contribution is 6.42. The van der Waals surface area contributed by atoms with Gasteiger partial charge in [-0.25, -0.2) is 4.79 Å². The molecule has 1 fully saturated rings. The highest BCUT2D eigenvalue weighted by Crippen LogP contribution is 2.49.